The van der Waals surface area contributed by atoms with Gasteiger partial charge in [0.15, 0.2) is 0 Å². The average Bonchev–Trinajstić information content (AvgIpc) is 2.97. The number of hydrogen-bond donors (Lipinski definition) is 1. The summed E-state index contributed by atoms with van der Waals surface area (Å²) in [6, 6.07) is 27.5. The van der Waals surface area contributed by atoms with Crippen molar-refractivity contribution in [3.05, 3.63) is 112 Å². The van der Waals surface area contributed by atoms with Crippen LogP contribution >= 0.6 is 11.6 Å². The SMILES string of the molecule is CN1CCN(c2ccc(Nc3ncc4ccc(=O)n(Cc5c(Cl)cccc5-c5ccccc5)c4n3)cc2)CC1. The molecule has 6 rings (SSSR count). The first-order valence-corrected chi connectivity index (χ1v) is 13.4. The van der Waals surface area contributed by atoms with E-state index in [0.29, 0.717) is 16.6 Å². The summed E-state index contributed by atoms with van der Waals surface area (Å²) in [6.07, 6.45) is 1.74. The third kappa shape index (κ3) is 5.37. The van der Waals surface area contributed by atoms with Crippen LogP contribution in [0.1, 0.15) is 5.56 Å². The number of anilines is 3. The fraction of sp³-hybridized carbons (Fsp3) is 0.194. The van der Waals surface area contributed by atoms with Crippen LogP contribution in [0.4, 0.5) is 17.3 Å². The molecule has 1 aliphatic rings. The minimum absolute atomic E-state index is 0.150. The lowest BCUT2D eigenvalue weighted by atomic mass is 9.99. The van der Waals surface area contributed by atoms with Crippen molar-refractivity contribution < 1.29 is 0 Å². The number of pyridine rings is 1. The van der Waals surface area contributed by atoms with E-state index in [-0.39, 0.29) is 12.1 Å². The van der Waals surface area contributed by atoms with Gasteiger partial charge >= 0.3 is 0 Å². The molecule has 1 N–H and O–H groups in total. The van der Waals surface area contributed by atoms with Gasteiger partial charge in [-0.15, -0.1) is 0 Å². The molecule has 2 aromatic heterocycles. The van der Waals surface area contributed by atoms with Crippen molar-refractivity contribution >= 4 is 40.0 Å². The van der Waals surface area contributed by atoms with Gasteiger partial charge in [-0.3, -0.25) is 9.36 Å². The zero-order chi connectivity index (χ0) is 26.8. The van der Waals surface area contributed by atoms with Gasteiger partial charge < -0.3 is 15.1 Å². The smallest absolute Gasteiger partial charge is 0.252 e. The van der Waals surface area contributed by atoms with Crippen molar-refractivity contribution in [3.63, 3.8) is 0 Å². The summed E-state index contributed by atoms with van der Waals surface area (Å²) in [6.45, 7) is 4.45. The third-order valence-corrected chi connectivity index (χ3v) is 7.59. The molecule has 3 aromatic carbocycles. The second kappa shape index (κ2) is 10.9. The van der Waals surface area contributed by atoms with E-state index in [4.69, 9.17) is 16.6 Å². The molecule has 7 nitrogen and oxygen atoms in total. The fourth-order valence-electron chi connectivity index (χ4n) is 5.00. The zero-order valence-corrected chi connectivity index (χ0v) is 22.5. The lowest BCUT2D eigenvalue weighted by Crippen LogP contribution is -2.44. The van der Waals surface area contributed by atoms with Gasteiger partial charge in [0.1, 0.15) is 5.65 Å². The molecule has 39 heavy (non-hydrogen) atoms. The highest BCUT2D eigenvalue weighted by Gasteiger charge is 2.15. The Bertz CT molecular complexity index is 1660. The zero-order valence-electron chi connectivity index (χ0n) is 21.7. The van der Waals surface area contributed by atoms with E-state index in [9.17, 15) is 4.79 Å². The minimum atomic E-state index is -0.150. The van der Waals surface area contributed by atoms with Crippen LogP contribution in [-0.4, -0.2) is 52.7 Å². The van der Waals surface area contributed by atoms with Crippen LogP contribution in [0, 0.1) is 0 Å². The Hall–Kier alpha value is -4.20. The van der Waals surface area contributed by atoms with Gasteiger partial charge in [-0.05, 0) is 60.1 Å². The van der Waals surface area contributed by atoms with Crippen LogP contribution in [0.3, 0.4) is 0 Å². The minimum Gasteiger partial charge on any atom is -0.369 e. The molecule has 0 unspecified atom stereocenters. The number of aromatic nitrogens is 3. The van der Waals surface area contributed by atoms with E-state index in [1.165, 1.54) is 5.69 Å². The normalized spacial score (nSPS) is 14.1. The van der Waals surface area contributed by atoms with Crippen molar-refractivity contribution in [1.82, 2.24) is 19.4 Å². The highest BCUT2D eigenvalue weighted by molar-refractivity contribution is 6.31. The second-order valence-electron chi connectivity index (χ2n) is 9.82. The van der Waals surface area contributed by atoms with Crippen molar-refractivity contribution in [2.75, 3.05) is 43.4 Å². The Labute approximate surface area is 232 Å². The molecule has 1 saturated heterocycles. The number of nitrogens with one attached hydrogen (secondary N) is 1. The summed E-state index contributed by atoms with van der Waals surface area (Å²) >= 11 is 6.68. The predicted octanol–water partition coefficient (Wildman–Crippen LogP) is 5.66. The number of piperazine rings is 1. The van der Waals surface area contributed by atoms with Crippen LogP contribution in [0.15, 0.2) is 95.9 Å². The summed E-state index contributed by atoms with van der Waals surface area (Å²) in [5.41, 5.74) is 5.38. The molecule has 3 heterocycles. The lowest BCUT2D eigenvalue weighted by molar-refractivity contribution is 0.313. The van der Waals surface area contributed by atoms with Crippen LogP contribution in [0.2, 0.25) is 5.02 Å². The Kier molecular flexibility index (Phi) is 7.00. The molecular weight excluding hydrogens is 508 g/mol. The second-order valence-corrected chi connectivity index (χ2v) is 10.2. The van der Waals surface area contributed by atoms with Crippen molar-refractivity contribution in [3.8, 4) is 11.1 Å². The van der Waals surface area contributed by atoms with Crippen LogP contribution in [0.5, 0.6) is 0 Å². The number of rotatable bonds is 6. The highest BCUT2D eigenvalue weighted by atomic mass is 35.5. The molecule has 0 saturated carbocycles. The maximum Gasteiger partial charge on any atom is 0.252 e. The van der Waals surface area contributed by atoms with Crippen LogP contribution < -0.4 is 15.8 Å². The molecule has 0 spiro atoms. The Morgan fingerprint density at radius 3 is 2.41 bits per heavy atom. The first-order chi connectivity index (χ1) is 19.0. The number of fused-ring (bicyclic) bond motifs is 1. The molecule has 8 heteroatoms. The monoisotopic (exact) mass is 536 g/mol. The van der Waals surface area contributed by atoms with Crippen molar-refractivity contribution in [2.45, 2.75) is 6.54 Å². The van der Waals surface area contributed by atoms with Gasteiger partial charge in [-0.25, -0.2) is 4.98 Å². The molecule has 0 atom stereocenters. The molecule has 196 valence electrons. The van der Waals surface area contributed by atoms with Crippen molar-refractivity contribution in [1.29, 1.82) is 0 Å². The number of hydrogen-bond acceptors (Lipinski definition) is 6. The summed E-state index contributed by atoms with van der Waals surface area (Å²) in [5.74, 6) is 0.427. The molecular formula is C31H29ClN6O. The maximum absolute atomic E-state index is 13.1. The first-order valence-electron chi connectivity index (χ1n) is 13.1. The van der Waals surface area contributed by atoms with Gasteiger partial charge in [0.05, 0.1) is 6.54 Å². The molecule has 0 bridgehead atoms. The number of benzene rings is 3. The van der Waals surface area contributed by atoms with E-state index in [1.54, 1.807) is 22.9 Å². The molecule has 1 fully saturated rings. The average molecular weight is 537 g/mol. The number of nitrogens with zero attached hydrogens (tertiary/aromatic N) is 5. The van der Waals surface area contributed by atoms with Gasteiger partial charge in [0, 0.05) is 60.2 Å². The molecule has 1 aliphatic heterocycles. The quantitative estimate of drug-likeness (QED) is 0.302. The molecule has 5 aromatic rings. The summed E-state index contributed by atoms with van der Waals surface area (Å²) in [5, 5.41) is 4.68. The first kappa shape index (κ1) is 25.1. The van der Waals surface area contributed by atoms with E-state index in [1.807, 2.05) is 60.7 Å². The van der Waals surface area contributed by atoms with Gasteiger partial charge in [-0.2, -0.15) is 4.98 Å². The molecule has 0 amide bonds. The molecule has 0 radical (unpaired) electrons. The van der Waals surface area contributed by atoms with Gasteiger partial charge in [0.25, 0.3) is 5.56 Å². The van der Waals surface area contributed by atoms with Gasteiger partial charge in [-0.1, -0.05) is 54.1 Å². The van der Waals surface area contributed by atoms with Crippen molar-refractivity contribution in [2.24, 2.45) is 0 Å². The highest BCUT2D eigenvalue weighted by Crippen LogP contribution is 2.30. The standard InChI is InChI=1S/C31H29ClN6O/c1-36-16-18-37(19-17-36)25-13-11-24(12-14-25)34-31-33-20-23-10-15-29(39)38(30(23)35-31)21-27-26(8-5-9-28(27)32)22-6-3-2-4-7-22/h2-15,20H,16-19,21H2,1H3,(H,33,34,35). The topological polar surface area (TPSA) is 66.3 Å². The predicted molar refractivity (Wildman–Crippen MR) is 159 cm³/mol. The number of likely N-dealkylation sites (N-methyl/N-ethyl adjacent to an activating group) is 1. The molecule has 0 aliphatic carbocycles. The summed E-state index contributed by atoms with van der Waals surface area (Å²) in [4.78, 5) is 27.1. The van der Waals surface area contributed by atoms with Crippen LogP contribution in [-0.2, 0) is 6.54 Å². The third-order valence-electron chi connectivity index (χ3n) is 7.23. The van der Waals surface area contributed by atoms with E-state index < -0.39 is 0 Å². The van der Waals surface area contributed by atoms with E-state index >= 15 is 0 Å². The van der Waals surface area contributed by atoms with E-state index in [2.05, 4.69) is 39.3 Å². The van der Waals surface area contributed by atoms with Gasteiger partial charge in [0.2, 0.25) is 5.95 Å². The van der Waals surface area contributed by atoms with E-state index in [0.717, 1.165) is 53.9 Å². The summed E-state index contributed by atoms with van der Waals surface area (Å²) < 4.78 is 1.66. The Morgan fingerprint density at radius 1 is 0.872 bits per heavy atom. The largest absolute Gasteiger partial charge is 0.369 e. The van der Waals surface area contributed by atoms with Crippen LogP contribution in [0.25, 0.3) is 22.2 Å². The number of halogens is 1. The summed E-state index contributed by atoms with van der Waals surface area (Å²) in [7, 11) is 2.16. The Balaban J connectivity index is 1.31. The Morgan fingerprint density at radius 2 is 1.64 bits per heavy atom. The lowest BCUT2D eigenvalue weighted by Gasteiger charge is -2.34. The maximum atomic E-state index is 13.1. The fourth-order valence-corrected chi connectivity index (χ4v) is 5.23.